The highest BCUT2D eigenvalue weighted by atomic mass is 19.1. The van der Waals surface area contributed by atoms with Gasteiger partial charge in [-0.15, -0.1) is 0 Å². The zero-order chi connectivity index (χ0) is 20.2. The van der Waals surface area contributed by atoms with Crippen LogP contribution in [0.3, 0.4) is 0 Å². The first kappa shape index (κ1) is 18.7. The molecule has 1 aliphatic rings. The van der Waals surface area contributed by atoms with Crippen LogP contribution >= 0.6 is 0 Å². The van der Waals surface area contributed by atoms with E-state index in [1.807, 2.05) is 0 Å². The van der Waals surface area contributed by atoms with Crippen LogP contribution in [-0.2, 0) is 22.4 Å². The highest BCUT2D eigenvalue weighted by molar-refractivity contribution is 6.39. The van der Waals surface area contributed by atoms with Gasteiger partial charge in [0.1, 0.15) is 17.3 Å². The number of fused-ring (bicyclic) bond motifs is 1. The standard InChI is InChI=1S/C21H19FN4O3/c22-14-2-1-3-18(10-14)29-17-8-6-15(7-9-17)24-20(27)21(28)25-16-5-4-13-12-23-26-19(13)11-16/h1-3,6-10,12,16H,4-5,11H2,(H,23,26)(H,24,27)(H,25,28)/t16-/m1/s1. The maximum Gasteiger partial charge on any atom is 0.313 e. The first-order chi connectivity index (χ1) is 14.1. The van der Waals surface area contributed by atoms with E-state index in [4.69, 9.17) is 4.74 Å². The number of nitrogens with zero attached hydrogens (tertiary/aromatic N) is 1. The fourth-order valence-corrected chi connectivity index (χ4v) is 3.24. The lowest BCUT2D eigenvalue weighted by atomic mass is 9.94. The molecule has 0 aliphatic heterocycles. The fraction of sp³-hybridized carbons (Fsp3) is 0.190. The Morgan fingerprint density at radius 3 is 2.72 bits per heavy atom. The van der Waals surface area contributed by atoms with Crippen LogP contribution in [0.2, 0.25) is 0 Å². The lowest BCUT2D eigenvalue weighted by Crippen LogP contribution is -2.44. The zero-order valence-electron chi connectivity index (χ0n) is 15.4. The van der Waals surface area contributed by atoms with Crippen molar-refractivity contribution in [3.63, 3.8) is 0 Å². The molecule has 2 amide bonds. The van der Waals surface area contributed by atoms with Gasteiger partial charge in [-0.3, -0.25) is 14.7 Å². The van der Waals surface area contributed by atoms with Crippen molar-refractivity contribution in [3.05, 3.63) is 71.8 Å². The average molecular weight is 394 g/mol. The molecule has 1 aromatic heterocycles. The van der Waals surface area contributed by atoms with E-state index >= 15 is 0 Å². The van der Waals surface area contributed by atoms with Gasteiger partial charge in [-0.05, 0) is 54.8 Å². The number of aryl methyl sites for hydroxylation is 1. The number of rotatable bonds is 4. The summed E-state index contributed by atoms with van der Waals surface area (Å²) < 4.78 is 18.8. The molecule has 1 heterocycles. The molecule has 1 atom stereocenters. The third-order valence-corrected chi connectivity index (χ3v) is 4.71. The molecule has 0 saturated heterocycles. The Bertz CT molecular complexity index is 1030. The number of hydrogen-bond donors (Lipinski definition) is 3. The maximum atomic E-state index is 13.2. The van der Waals surface area contributed by atoms with Crippen molar-refractivity contribution in [1.29, 1.82) is 0 Å². The summed E-state index contributed by atoms with van der Waals surface area (Å²) in [4.78, 5) is 24.4. The normalized spacial score (nSPS) is 15.3. The SMILES string of the molecule is O=C(Nc1ccc(Oc2cccc(F)c2)cc1)C(=O)N[C@@H]1CCc2cn[nH]c2C1. The number of ether oxygens (including phenoxy) is 1. The van der Waals surface area contributed by atoms with Crippen LogP contribution in [0.25, 0.3) is 0 Å². The van der Waals surface area contributed by atoms with Gasteiger partial charge in [-0.1, -0.05) is 6.07 Å². The second-order valence-electron chi connectivity index (χ2n) is 6.82. The molecule has 1 aliphatic carbocycles. The summed E-state index contributed by atoms with van der Waals surface area (Å²) in [5.41, 5.74) is 2.60. The minimum atomic E-state index is -0.737. The number of aromatic nitrogens is 2. The predicted octanol–water partition coefficient (Wildman–Crippen LogP) is 2.95. The summed E-state index contributed by atoms with van der Waals surface area (Å²) in [5.74, 6) is -0.957. The number of H-pyrrole nitrogens is 1. The Hall–Kier alpha value is -3.68. The fourth-order valence-electron chi connectivity index (χ4n) is 3.24. The molecule has 0 fully saturated rings. The van der Waals surface area contributed by atoms with Crippen molar-refractivity contribution >= 4 is 17.5 Å². The van der Waals surface area contributed by atoms with E-state index in [9.17, 15) is 14.0 Å². The topological polar surface area (TPSA) is 96.1 Å². The summed E-state index contributed by atoms with van der Waals surface area (Å²) in [6, 6.07) is 12.2. The van der Waals surface area contributed by atoms with Crippen molar-refractivity contribution in [1.82, 2.24) is 15.5 Å². The summed E-state index contributed by atoms with van der Waals surface area (Å²) in [7, 11) is 0. The highest BCUT2D eigenvalue weighted by Gasteiger charge is 2.24. The Balaban J connectivity index is 1.30. The second-order valence-corrected chi connectivity index (χ2v) is 6.82. The van der Waals surface area contributed by atoms with Crippen LogP contribution in [0.15, 0.2) is 54.7 Å². The summed E-state index contributed by atoms with van der Waals surface area (Å²) in [5, 5.41) is 12.2. The minimum Gasteiger partial charge on any atom is -0.457 e. The minimum absolute atomic E-state index is 0.108. The average Bonchev–Trinajstić information content (AvgIpc) is 3.17. The highest BCUT2D eigenvalue weighted by Crippen LogP contribution is 2.23. The second kappa shape index (κ2) is 8.14. The summed E-state index contributed by atoms with van der Waals surface area (Å²) in [6.07, 6.45) is 3.99. The first-order valence-electron chi connectivity index (χ1n) is 9.23. The number of nitrogens with one attached hydrogen (secondary N) is 3. The lowest BCUT2D eigenvalue weighted by Gasteiger charge is -2.22. The smallest absolute Gasteiger partial charge is 0.313 e. The van der Waals surface area contributed by atoms with Crippen molar-refractivity contribution in [2.45, 2.75) is 25.3 Å². The molecule has 2 aromatic carbocycles. The third-order valence-electron chi connectivity index (χ3n) is 4.71. The molecular formula is C21H19FN4O3. The van der Waals surface area contributed by atoms with Gasteiger partial charge in [-0.2, -0.15) is 5.10 Å². The van der Waals surface area contributed by atoms with Gasteiger partial charge in [0.15, 0.2) is 0 Å². The summed E-state index contributed by atoms with van der Waals surface area (Å²) >= 11 is 0. The van der Waals surface area contributed by atoms with Gasteiger partial charge in [0.25, 0.3) is 0 Å². The molecule has 8 heteroatoms. The monoisotopic (exact) mass is 394 g/mol. The van der Waals surface area contributed by atoms with Gasteiger partial charge in [-0.25, -0.2) is 4.39 Å². The number of halogens is 1. The van der Waals surface area contributed by atoms with Crippen LogP contribution < -0.4 is 15.4 Å². The number of carbonyl (C=O) groups excluding carboxylic acids is 2. The maximum absolute atomic E-state index is 13.2. The molecular weight excluding hydrogens is 375 g/mol. The van der Waals surface area contributed by atoms with Crippen LogP contribution in [0.1, 0.15) is 17.7 Å². The Morgan fingerprint density at radius 2 is 1.93 bits per heavy atom. The molecule has 29 heavy (non-hydrogen) atoms. The first-order valence-corrected chi connectivity index (χ1v) is 9.23. The summed E-state index contributed by atoms with van der Waals surface area (Å²) in [6.45, 7) is 0. The molecule has 0 saturated carbocycles. The lowest BCUT2D eigenvalue weighted by molar-refractivity contribution is -0.136. The van der Waals surface area contributed by atoms with Crippen LogP contribution in [-0.4, -0.2) is 28.1 Å². The van der Waals surface area contributed by atoms with Gasteiger partial charge in [0, 0.05) is 29.9 Å². The number of benzene rings is 2. The van der Waals surface area contributed by atoms with Gasteiger partial charge in [0.05, 0.1) is 6.20 Å². The number of aromatic amines is 1. The zero-order valence-corrected chi connectivity index (χ0v) is 15.4. The quantitative estimate of drug-likeness (QED) is 0.593. The van der Waals surface area contributed by atoms with E-state index < -0.39 is 11.8 Å². The molecule has 4 rings (SSSR count). The van der Waals surface area contributed by atoms with E-state index in [1.54, 1.807) is 42.6 Å². The molecule has 148 valence electrons. The van der Waals surface area contributed by atoms with E-state index in [2.05, 4.69) is 20.8 Å². The van der Waals surface area contributed by atoms with Crippen molar-refractivity contribution < 1.29 is 18.7 Å². The molecule has 0 unspecified atom stereocenters. The third kappa shape index (κ3) is 4.60. The van der Waals surface area contributed by atoms with E-state index in [1.165, 1.54) is 12.1 Å². The van der Waals surface area contributed by atoms with Gasteiger partial charge < -0.3 is 15.4 Å². The number of carbonyl (C=O) groups is 2. The van der Waals surface area contributed by atoms with E-state index in [-0.39, 0.29) is 11.9 Å². The molecule has 3 N–H and O–H groups in total. The Labute approximate surface area is 166 Å². The number of amides is 2. The molecule has 3 aromatic rings. The van der Waals surface area contributed by atoms with Gasteiger partial charge in [0.2, 0.25) is 0 Å². The molecule has 7 nitrogen and oxygen atoms in total. The van der Waals surface area contributed by atoms with Crippen molar-refractivity contribution in [2.75, 3.05) is 5.32 Å². The van der Waals surface area contributed by atoms with E-state index in [0.29, 0.717) is 23.6 Å². The van der Waals surface area contributed by atoms with E-state index in [0.717, 1.165) is 24.1 Å². The molecule has 0 bridgehead atoms. The predicted molar refractivity (Wildman–Crippen MR) is 104 cm³/mol. The Kier molecular flexibility index (Phi) is 5.24. The number of anilines is 1. The van der Waals surface area contributed by atoms with Crippen molar-refractivity contribution in [3.8, 4) is 11.5 Å². The van der Waals surface area contributed by atoms with Gasteiger partial charge >= 0.3 is 11.8 Å². The van der Waals surface area contributed by atoms with Crippen LogP contribution in [0.5, 0.6) is 11.5 Å². The molecule has 0 spiro atoms. The molecule has 0 radical (unpaired) electrons. The largest absolute Gasteiger partial charge is 0.457 e. The van der Waals surface area contributed by atoms with Crippen LogP contribution in [0, 0.1) is 5.82 Å². The Morgan fingerprint density at radius 1 is 1.10 bits per heavy atom. The number of hydrogen-bond acceptors (Lipinski definition) is 4. The van der Waals surface area contributed by atoms with Crippen molar-refractivity contribution in [2.24, 2.45) is 0 Å². The van der Waals surface area contributed by atoms with Crippen LogP contribution in [0.4, 0.5) is 10.1 Å².